The summed E-state index contributed by atoms with van der Waals surface area (Å²) in [6, 6.07) is 10.3. The summed E-state index contributed by atoms with van der Waals surface area (Å²) in [5.41, 5.74) is 1.31. The van der Waals surface area contributed by atoms with Gasteiger partial charge >= 0.3 is 0 Å². The lowest BCUT2D eigenvalue weighted by atomic mass is 10.1. The van der Waals surface area contributed by atoms with Crippen LogP contribution in [0.5, 0.6) is 0 Å². The summed E-state index contributed by atoms with van der Waals surface area (Å²) in [4.78, 5) is 32.6. The average molecular weight is 383 g/mol. The van der Waals surface area contributed by atoms with Crippen molar-refractivity contribution in [2.45, 2.75) is 25.7 Å². The molecule has 0 spiro atoms. The lowest BCUT2D eigenvalue weighted by Crippen LogP contribution is -2.48. The molecule has 1 aromatic heterocycles. The van der Waals surface area contributed by atoms with Crippen LogP contribution in [0.3, 0.4) is 0 Å². The molecule has 2 aromatic rings. The molecule has 5 nitrogen and oxygen atoms in total. The molecule has 0 atom stereocenters. The molecule has 1 fully saturated rings. The number of aryl methyl sites for hydroxylation is 1. The van der Waals surface area contributed by atoms with Crippen LogP contribution in [-0.2, 0) is 11.2 Å². The number of carbonyl (C=O) groups excluding carboxylic acids is 2. The summed E-state index contributed by atoms with van der Waals surface area (Å²) < 4.78 is 13.6. The lowest BCUT2D eigenvalue weighted by Gasteiger charge is -2.34. The van der Waals surface area contributed by atoms with E-state index in [0.29, 0.717) is 18.7 Å². The summed E-state index contributed by atoms with van der Waals surface area (Å²) in [5.74, 6) is -0.157. The molecule has 3 rings (SSSR count). The Hall–Kier alpha value is -2.60. The van der Waals surface area contributed by atoms with Crippen molar-refractivity contribution in [1.29, 1.82) is 0 Å². The molecule has 0 radical (unpaired) electrons. The fourth-order valence-corrected chi connectivity index (χ4v) is 3.47. The van der Waals surface area contributed by atoms with Gasteiger partial charge in [0.2, 0.25) is 5.91 Å². The predicted molar refractivity (Wildman–Crippen MR) is 106 cm³/mol. The van der Waals surface area contributed by atoms with Crippen LogP contribution in [0.1, 0.15) is 35.2 Å². The SMILES string of the molecule is O=C(CCC(=O)N1CCN(CCCc2ccccc2F)CC1)c1cccnc1. The van der Waals surface area contributed by atoms with Crippen molar-refractivity contribution in [2.24, 2.45) is 0 Å². The van der Waals surface area contributed by atoms with E-state index in [0.717, 1.165) is 38.0 Å². The molecule has 0 saturated carbocycles. The second-order valence-corrected chi connectivity index (χ2v) is 7.08. The van der Waals surface area contributed by atoms with Gasteiger partial charge in [0.1, 0.15) is 5.82 Å². The Kier molecular flexibility index (Phi) is 7.25. The van der Waals surface area contributed by atoms with E-state index in [1.165, 1.54) is 12.3 Å². The third kappa shape index (κ3) is 5.70. The van der Waals surface area contributed by atoms with Crippen LogP contribution in [0.15, 0.2) is 48.8 Å². The topological polar surface area (TPSA) is 53.5 Å². The third-order valence-electron chi connectivity index (χ3n) is 5.15. The molecule has 1 aliphatic rings. The normalized spacial score (nSPS) is 14.8. The Morgan fingerprint density at radius 1 is 1.00 bits per heavy atom. The fourth-order valence-electron chi connectivity index (χ4n) is 3.47. The molecule has 1 saturated heterocycles. The molecular weight excluding hydrogens is 357 g/mol. The first-order chi connectivity index (χ1) is 13.6. The Balaban J connectivity index is 1.35. The molecule has 1 aromatic carbocycles. The summed E-state index contributed by atoms with van der Waals surface area (Å²) >= 11 is 0. The number of hydrogen-bond acceptors (Lipinski definition) is 4. The van der Waals surface area contributed by atoms with Gasteiger partial charge < -0.3 is 4.90 Å². The van der Waals surface area contributed by atoms with Crippen LogP contribution in [0.25, 0.3) is 0 Å². The molecule has 0 unspecified atom stereocenters. The minimum Gasteiger partial charge on any atom is -0.340 e. The van der Waals surface area contributed by atoms with Crippen LogP contribution < -0.4 is 0 Å². The monoisotopic (exact) mass is 383 g/mol. The first kappa shape index (κ1) is 20.1. The number of amides is 1. The second kappa shape index (κ2) is 10.1. The standard InChI is InChI=1S/C22H26FN3O2/c23-20-8-2-1-5-18(20)7-4-12-25-13-15-26(16-14-25)22(28)10-9-21(27)19-6-3-11-24-17-19/h1-3,5-6,8,11,17H,4,7,9-10,12-16H2. The molecular formula is C22H26FN3O2. The van der Waals surface area contributed by atoms with E-state index >= 15 is 0 Å². The highest BCUT2D eigenvalue weighted by molar-refractivity contribution is 5.97. The van der Waals surface area contributed by atoms with Crippen molar-refractivity contribution >= 4 is 11.7 Å². The Morgan fingerprint density at radius 3 is 2.50 bits per heavy atom. The van der Waals surface area contributed by atoms with E-state index < -0.39 is 0 Å². The molecule has 0 bridgehead atoms. The summed E-state index contributed by atoms with van der Waals surface area (Å²) in [5, 5.41) is 0. The highest BCUT2D eigenvalue weighted by Gasteiger charge is 2.21. The van der Waals surface area contributed by atoms with E-state index in [1.807, 2.05) is 17.0 Å². The number of nitrogens with zero attached hydrogens (tertiary/aromatic N) is 3. The number of rotatable bonds is 8. The number of ketones is 1. The number of piperazine rings is 1. The van der Waals surface area contributed by atoms with Gasteiger partial charge in [0.25, 0.3) is 0 Å². The highest BCUT2D eigenvalue weighted by Crippen LogP contribution is 2.12. The lowest BCUT2D eigenvalue weighted by molar-refractivity contribution is -0.132. The van der Waals surface area contributed by atoms with Gasteiger partial charge in [-0.05, 0) is 43.1 Å². The Morgan fingerprint density at radius 2 is 1.79 bits per heavy atom. The Labute approximate surface area is 165 Å². The van der Waals surface area contributed by atoms with Crippen LogP contribution in [-0.4, -0.2) is 59.2 Å². The van der Waals surface area contributed by atoms with E-state index in [1.54, 1.807) is 24.4 Å². The minimum absolute atomic E-state index is 0.0308. The number of halogens is 1. The molecule has 0 N–H and O–H groups in total. The van der Waals surface area contributed by atoms with Gasteiger partial charge in [-0.25, -0.2) is 4.39 Å². The van der Waals surface area contributed by atoms with Gasteiger partial charge in [0.15, 0.2) is 5.78 Å². The third-order valence-corrected chi connectivity index (χ3v) is 5.15. The maximum Gasteiger partial charge on any atom is 0.223 e. The Bertz CT molecular complexity index is 789. The minimum atomic E-state index is -0.140. The van der Waals surface area contributed by atoms with Gasteiger partial charge in [0, 0.05) is 57.0 Å². The van der Waals surface area contributed by atoms with Gasteiger partial charge in [-0.15, -0.1) is 0 Å². The molecule has 148 valence electrons. The number of aromatic nitrogens is 1. The number of carbonyl (C=O) groups is 2. The zero-order valence-electron chi connectivity index (χ0n) is 16.0. The smallest absolute Gasteiger partial charge is 0.223 e. The molecule has 1 amide bonds. The van der Waals surface area contributed by atoms with Crippen LogP contribution in [0, 0.1) is 5.82 Å². The van der Waals surface area contributed by atoms with Gasteiger partial charge in [0.05, 0.1) is 0 Å². The van der Waals surface area contributed by atoms with Crippen molar-refractivity contribution in [2.75, 3.05) is 32.7 Å². The number of hydrogen-bond donors (Lipinski definition) is 0. The molecule has 2 heterocycles. The van der Waals surface area contributed by atoms with Gasteiger partial charge in [-0.3, -0.25) is 19.5 Å². The number of pyridine rings is 1. The van der Waals surface area contributed by atoms with Crippen molar-refractivity contribution in [3.63, 3.8) is 0 Å². The van der Waals surface area contributed by atoms with E-state index in [9.17, 15) is 14.0 Å². The highest BCUT2D eigenvalue weighted by atomic mass is 19.1. The largest absolute Gasteiger partial charge is 0.340 e. The zero-order valence-corrected chi connectivity index (χ0v) is 16.0. The van der Waals surface area contributed by atoms with Crippen molar-refractivity contribution in [3.8, 4) is 0 Å². The van der Waals surface area contributed by atoms with Crippen LogP contribution in [0.2, 0.25) is 0 Å². The first-order valence-electron chi connectivity index (χ1n) is 9.80. The van der Waals surface area contributed by atoms with Gasteiger partial charge in [-0.1, -0.05) is 18.2 Å². The first-order valence-corrected chi connectivity index (χ1v) is 9.80. The van der Waals surface area contributed by atoms with E-state index in [-0.39, 0.29) is 30.3 Å². The van der Waals surface area contributed by atoms with Crippen molar-refractivity contribution in [1.82, 2.24) is 14.8 Å². The van der Waals surface area contributed by atoms with Gasteiger partial charge in [-0.2, -0.15) is 0 Å². The fraction of sp³-hybridized carbons (Fsp3) is 0.409. The number of Topliss-reactive ketones (excluding diaryl/α,β-unsaturated/α-hetero) is 1. The van der Waals surface area contributed by atoms with Crippen LogP contribution in [0.4, 0.5) is 4.39 Å². The van der Waals surface area contributed by atoms with E-state index in [2.05, 4.69) is 9.88 Å². The van der Waals surface area contributed by atoms with E-state index in [4.69, 9.17) is 0 Å². The maximum atomic E-state index is 13.6. The summed E-state index contributed by atoms with van der Waals surface area (Å²) in [6.45, 7) is 3.90. The molecule has 0 aliphatic carbocycles. The molecule has 28 heavy (non-hydrogen) atoms. The second-order valence-electron chi connectivity index (χ2n) is 7.08. The quantitative estimate of drug-likeness (QED) is 0.658. The molecule has 6 heteroatoms. The maximum absolute atomic E-state index is 13.6. The zero-order chi connectivity index (χ0) is 19.8. The van der Waals surface area contributed by atoms with Crippen molar-refractivity contribution < 1.29 is 14.0 Å². The number of benzene rings is 1. The summed E-state index contributed by atoms with van der Waals surface area (Å²) in [6.07, 6.45) is 5.23. The summed E-state index contributed by atoms with van der Waals surface area (Å²) in [7, 11) is 0. The van der Waals surface area contributed by atoms with Crippen molar-refractivity contribution in [3.05, 3.63) is 65.7 Å². The average Bonchev–Trinajstić information content (AvgIpc) is 2.74. The van der Waals surface area contributed by atoms with Crippen LogP contribution >= 0.6 is 0 Å². The predicted octanol–water partition coefficient (Wildman–Crippen LogP) is 2.96. The molecule has 1 aliphatic heterocycles.